The van der Waals surface area contributed by atoms with Crippen LogP contribution in [0.5, 0.6) is 0 Å². The van der Waals surface area contributed by atoms with Gasteiger partial charge >= 0.3 is 65.4 Å². The second kappa shape index (κ2) is 60.4. The van der Waals surface area contributed by atoms with Gasteiger partial charge in [0.2, 0.25) is 0 Å². The van der Waals surface area contributed by atoms with Crippen molar-refractivity contribution < 1.29 is 102 Å². The molecule has 0 spiro atoms. The number of hydrogen-bond donors (Lipinski definition) is 2. The molecule has 0 aliphatic rings. The van der Waals surface area contributed by atoms with Gasteiger partial charge in [-0.1, -0.05) is 121 Å². The van der Waals surface area contributed by atoms with E-state index < -0.39 is 57.8 Å². The summed E-state index contributed by atoms with van der Waals surface area (Å²) in [6.45, 7) is 26.9. The molecule has 0 atom stereocenters. The van der Waals surface area contributed by atoms with Crippen molar-refractivity contribution in [2.24, 2.45) is 11.8 Å². The molecule has 0 fully saturated rings. The molecule has 0 aromatic carbocycles. The van der Waals surface area contributed by atoms with Crippen LogP contribution in [0, 0.1) is 11.8 Å². The minimum atomic E-state index is -3.20. The largest absolute Gasteiger partial charge is 1.00 e. The summed E-state index contributed by atoms with van der Waals surface area (Å²) in [6, 6.07) is 0. The summed E-state index contributed by atoms with van der Waals surface area (Å²) in [4.78, 5) is 64.6. The number of carbonyl (C=O) groups is 6. The summed E-state index contributed by atoms with van der Waals surface area (Å²) in [5, 5.41) is 16.8. The van der Waals surface area contributed by atoms with Crippen LogP contribution in [-0.4, -0.2) is 93.7 Å². The van der Waals surface area contributed by atoms with E-state index in [4.69, 9.17) is 19.7 Å². The predicted octanol–water partition coefficient (Wildman–Crippen LogP) is 6.15. The van der Waals surface area contributed by atoms with Gasteiger partial charge in [0.05, 0.1) is 39.3 Å². The van der Waals surface area contributed by atoms with Crippen LogP contribution in [0.1, 0.15) is 176 Å². The van der Waals surface area contributed by atoms with Crippen molar-refractivity contribution in [2.75, 3.05) is 39.3 Å². The topological polar surface area (TPSA) is 223 Å². The first-order valence-electron chi connectivity index (χ1n) is 19.7. The standard InChI is InChI=1S/C11H20O4.2C7H12O4.C5H12O3S.3C3H8.CH4.Na.H/c1-4-7-8-9(10(12)14-5-2)11(13)15-6-3;1-3-10-6(8)5-7(9)11-4-2;1-2-3-4-5(6(8)9)7(10)11;1-3-4-5-8-9(2,6)7;3*1-3-2;;;/h9H,4-8H2,1-3H3;3-5H2,1-2H3;5H,2-4H2,1H3,(H,8,9)(H,10,11);3-5H2,1-2H3;3*3H2,1-2H3;1H4;;/q;;;;;;;;+1;-1. The predicted molar refractivity (Wildman–Crippen MR) is 224 cm³/mol. The number of ether oxygens (including phenoxy) is 4. The summed E-state index contributed by atoms with van der Waals surface area (Å²) in [6.07, 6.45) is 10.2. The Kier molecular flexibility index (Phi) is 80.1. The van der Waals surface area contributed by atoms with Gasteiger partial charge in [-0.3, -0.25) is 33.0 Å². The Hall–Kier alpha value is -2.27. The van der Waals surface area contributed by atoms with Crippen molar-refractivity contribution in [3.8, 4) is 0 Å². The number of aliphatic carboxylic acids is 2. The molecule has 0 unspecified atom stereocenters. The smallest absolute Gasteiger partial charge is 1.00 e. The molecule has 2 N–H and O–H groups in total. The quantitative estimate of drug-likeness (QED) is 0.0350. The van der Waals surface area contributed by atoms with Crippen LogP contribution >= 0.6 is 0 Å². The number of rotatable bonds is 20. The Morgan fingerprint density at radius 1 is 0.526 bits per heavy atom. The minimum Gasteiger partial charge on any atom is -1.00 e. The summed E-state index contributed by atoms with van der Waals surface area (Å²) in [7, 11) is -3.20. The number of hydrogen-bond acceptors (Lipinski definition) is 13. The van der Waals surface area contributed by atoms with E-state index in [-0.39, 0.29) is 64.5 Å². The average molecular weight is 861 g/mol. The average Bonchev–Trinajstić information content (AvgIpc) is 3.07. The van der Waals surface area contributed by atoms with E-state index >= 15 is 0 Å². The molecule has 0 bridgehead atoms. The van der Waals surface area contributed by atoms with E-state index in [2.05, 4.69) is 55.2 Å². The molecule has 0 saturated heterocycles. The third-order valence-corrected chi connectivity index (χ3v) is 5.72. The van der Waals surface area contributed by atoms with Crippen molar-refractivity contribution in [3.63, 3.8) is 0 Å². The van der Waals surface area contributed by atoms with Crippen LogP contribution in [0.2, 0.25) is 0 Å². The first kappa shape index (κ1) is 75.6. The molecule has 0 aliphatic carbocycles. The molecule has 0 aliphatic heterocycles. The number of esters is 4. The van der Waals surface area contributed by atoms with Crippen molar-refractivity contribution in [1.29, 1.82) is 0 Å². The van der Waals surface area contributed by atoms with Gasteiger partial charge in [-0.15, -0.1) is 0 Å². The van der Waals surface area contributed by atoms with E-state index in [1.54, 1.807) is 27.7 Å². The fourth-order valence-electron chi connectivity index (χ4n) is 2.88. The third-order valence-electron chi connectivity index (χ3n) is 5.13. The first-order chi connectivity index (χ1) is 25.8. The second-order valence-corrected chi connectivity index (χ2v) is 13.0. The van der Waals surface area contributed by atoms with Crippen molar-refractivity contribution in [2.45, 2.75) is 174 Å². The molecular formula is C40H85NaO15S. The van der Waals surface area contributed by atoms with E-state index in [1.807, 2.05) is 20.8 Å². The summed E-state index contributed by atoms with van der Waals surface area (Å²) >= 11 is 0. The maximum Gasteiger partial charge on any atom is 1.00 e. The fraction of sp³-hybridized carbons (Fsp3) is 0.850. The van der Waals surface area contributed by atoms with Crippen LogP contribution in [0.25, 0.3) is 0 Å². The van der Waals surface area contributed by atoms with Gasteiger partial charge in [-0.05, 0) is 47.0 Å². The summed E-state index contributed by atoms with van der Waals surface area (Å²) < 4.78 is 43.7. The molecule has 0 heterocycles. The minimum absolute atomic E-state index is 0. The number of carbonyl (C=O) groups excluding carboxylic acids is 4. The van der Waals surface area contributed by atoms with Crippen LogP contribution < -0.4 is 29.6 Å². The zero-order valence-electron chi connectivity index (χ0n) is 38.8. The van der Waals surface area contributed by atoms with Crippen LogP contribution in [0.15, 0.2) is 0 Å². The molecule has 0 aromatic rings. The molecule has 342 valence electrons. The van der Waals surface area contributed by atoms with Gasteiger partial charge in [0.1, 0.15) is 6.42 Å². The number of carboxylic acid groups (broad SMARTS) is 2. The zero-order valence-corrected chi connectivity index (χ0v) is 40.6. The Bertz CT molecular complexity index is 958. The Morgan fingerprint density at radius 2 is 0.807 bits per heavy atom. The Labute approximate surface area is 371 Å². The van der Waals surface area contributed by atoms with Crippen molar-refractivity contribution in [1.82, 2.24) is 0 Å². The Balaban J connectivity index is -0.0000000614. The van der Waals surface area contributed by atoms with E-state index in [9.17, 15) is 37.2 Å². The molecule has 0 radical (unpaired) electrons. The second-order valence-electron chi connectivity index (χ2n) is 11.4. The molecule has 0 rings (SSSR count). The van der Waals surface area contributed by atoms with Gasteiger partial charge in [0.15, 0.2) is 11.8 Å². The normalized spacial score (nSPS) is 9.12. The molecule has 15 nitrogen and oxygen atoms in total. The maximum atomic E-state index is 11.4. The molecular weight excluding hydrogens is 775 g/mol. The molecule has 0 aromatic heterocycles. The van der Waals surface area contributed by atoms with E-state index in [1.165, 1.54) is 19.3 Å². The fourth-order valence-corrected chi connectivity index (χ4v) is 3.30. The van der Waals surface area contributed by atoms with Gasteiger partial charge in [-0.25, -0.2) is 0 Å². The molecule has 0 amide bonds. The van der Waals surface area contributed by atoms with Crippen LogP contribution in [0.3, 0.4) is 0 Å². The van der Waals surface area contributed by atoms with Gasteiger partial charge in [0, 0.05) is 0 Å². The molecule has 0 saturated carbocycles. The van der Waals surface area contributed by atoms with Crippen molar-refractivity contribution in [3.05, 3.63) is 0 Å². The first-order valence-corrected chi connectivity index (χ1v) is 21.5. The zero-order chi connectivity index (χ0) is 44.7. The van der Waals surface area contributed by atoms with Crippen LogP contribution in [0.4, 0.5) is 0 Å². The SMILES string of the molecule is C.CCC.CCC.CCC.CCCCC(C(=O)O)C(=O)O.CCCCC(C(=O)OCC)C(=O)OCC.CCCCOS(C)(=O)=O.CCOC(=O)CC(=O)OCC.[H-].[Na+]. The van der Waals surface area contributed by atoms with Crippen molar-refractivity contribution >= 4 is 45.9 Å². The molecule has 17 heteroatoms. The monoisotopic (exact) mass is 861 g/mol. The Morgan fingerprint density at radius 3 is 1.04 bits per heavy atom. The third kappa shape index (κ3) is 75.2. The van der Waals surface area contributed by atoms with Gasteiger partial charge in [0.25, 0.3) is 10.1 Å². The molecule has 57 heavy (non-hydrogen) atoms. The van der Waals surface area contributed by atoms with E-state index in [0.29, 0.717) is 32.7 Å². The van der Waals surface area contributed by atoms with Gasteiger partial charge in [-0.2, -0.15) is 8.42 Å². The summed E-state index contributed by atoms with van der Waals surface area (Å²) in [5.74, 6) is -6.47. The maximum absolute atomic E-state index is 11.4. The van der Waals surface area contributed by atoms with E-state index in [0.717, 1.165) is 38.4 Å². The number of carboxylic acids is 2. The number of unbranched alkanes of at least 4 members (excludes halogenated alkanes) is 3. The van der Waals surface area contributed by atoms with Gasteiger partial charge < -0.3 is 30.6 Å². The van der Waals surface area contributed by atoms with Crippen LogP contribution in [-0.2, 0) is 62.0 Å². The summed E-state index contributed by atoms with van der Waals surface area (Å²) in [5.41, 5.74) is 0.